The normalized spacial score (nSPS) is 24.3. The maximum Gasteiger partial charge on any atom is 0.00952 e. The minimum atomic E-state index is 0.885. The van der Waals surface area contributed by atoms with Crippen molar-refractivity contribution < 1.29 is 0 Å². The van der Waals surface area contributed by atoms with Crippen LogP contribution in [-0.4, -0.2) is 72.6 Å². The highest BCUT2D eigenvalue weighted by molar-refractivity contribution is 4.79. The average Bonchev–Trinajstić information content (AvgIpc) is 3.47. The van der Waals surface area contributed by atoms with Gasteiger partial charge < -0.3 is 14.7 Å². The van der Waals surface area contributed by atoms with Gasteiger partial charge >= 0.3 is 0 Å². The molecular weight excluding hydrogens is 354 g/mol. The molecule has 0 spiro atoms. The highest BCUT2D eigenvalue weighted by Gasteiger charge is 2.23. The molecule has 3 aliphatic heterocycles. The first-order valence-corrected chi connectivity index (χ1v) is 13.6. The highest BCUT2D eigenvalue weighted by Crippen LogP contribution is 2.24. The average molecular weight is 406 g/mol. The number of unbranched alkanes of at least 4 members (excludes halogenated alkanes) is 2. The van der Waals surface area contributed by atoms with Gasteiger partial charge in [-0.25, -0.2) is 0 Å². The molecule has 0 amide bonds. The second-order valence-corrected chi connectivity index (χ2v) is 10.3. The van der Waals surface area contributed by atoms with Gasteiger partial charge in [0.15, 0.2) is 0 Å². The van der Waals surface area contributed by atoms with Gasteiger partial charge in [-0.05, 0) is 116 Å². The molecule has 0 N–H and O–H groups in total. The topological polar surface area (TPSA) is 9.72 Å². The van der Waals surface area contributed by atoms with Gasteiger partial charge in [0.05, 0.1) is 0 Å². The number of hydrogen-bond acceptors (Lipinski definition) is 3. The molecular formula is C26H51N3. The number of hydrogen-bond donors (Lipinski definition) is 0. The molecule has 2 atom stereocenters. The summed E-state index contributed by atoms with van der Waals surface area (Å²) in [4.78, 5) is 8.38. The Morgan fingerprint density at radius 3 is 1.48 bits per heavy atom. The SMILES string of the molecule is CCCC(CCCCC(CCCCN1CCCCC1)N1CCCC1)N1CCCC1. The first-order chi connectivity index (χ1) is 14.4. The summed E-state index contributed by atoms with van der Waals surface area (Å²) in [6.45, 7) is 12.0. The van der Waals surface area contributed by atoms with Crippen molar-refractivity contribution >= 4 is 0 Å². The van der Waals surface area contributed by atoms with E-state index in [-0.39, 0.29) is 0 Å². The molecule has 0 saturated carbocycles. The van der Waals surface area contributed by atoms with E-state index in [4.69, 9.17) is 0 Å². The second kappa shape index (κ2) is 14.0. The van der Waals surface area contributed by atoms with Crippen LogP contribution in [0, 0.1) is 0 Å². The van der Waals surface area contributed by atoms with E-state index >= 15 is 0 Å². The first-order valence-electron chi connectivity index (χ1n) is 13.6. The third-order valence-electron chi connectivity index (χ3n) is 7.97. The van der Waals surface area contributed by atoms with E-state index in [9.17, 15) is 0 Å². The summed E-state index contributed by atoms with van der Waals surface area (Å²) in [5, 5.41) is 0. The summed E-state index contributed by atoms with van der Waals surface area (Å²) in [6.07, 6.45) is 23.0. The monoisotopic (exact) mass is 405 g/mol. The summed E-state index contributed by atoms with van der Waals surface area (Å²) >= 11 is 0. The van der Waals surface area contributed by atoms with Crippen LogP contribution >= 0.6 is 0 Å². The molecule has 0 radical (unpaired) electrons. The fraction of sp³-hybridized carbons (Fsp3) is 1.00. The number of likely N-dealkylation sites (tertiary alicyclic amines) is 3. The molecule has 170 valence electrons. The molecule has 0 aromatic rings. The lowest BCUT2D eigenvalue weighted by molar-refractivity contribution is 0.190. The summed E-state index contributed by atoms with van der Waals surface area (Å²) in [6, 6.07) is 1.77. The molecule has 0 aromatic carbocycles. The lowest BCUT2D eigenvalue weighted by atomic mass is 9.98. The zero-order chi connectivity index (χ0) is 20.2. The Labute approximate surface area is 182 Å². The van der Waals surface area contributed by atoms with E-state index in [0.717, 1.165) is 12.1 Å². The van der Waals surface area contributed by atoms with E-state index in [2.05, 4.69) is 21.6 Å². The molecule has 3 aliphatic rings. The molecule has 3 heterocycles. The minimum absolute atomic E-state index is 0.885. The van der Waals surface area contributed by atoms with E-state index in [1.54, 1.807) is 0 Å². The smallest absolute Gasteiger partial charge is 0.00952 e. The predicted molar refractivity (Wildman–Crippen MR) is 127 cm³/mol. The van der Waals surface area contributed by atoms with Crippen molar-refractivity contribution in [2.75, 3.05) is 45.8 Å². The van der Waals surface area contributed by atoms with E-state index in [1.165, 1.54) is 149 Å². The second-order valence-electron chi connectivity index (χ2n) is 10.3. The van der Waals surface area contributed by atoms with E-state index in [1.807, 2.05) is 0 Å². The molecule has 0 bridgehead atoms. The van der Waals surface area contributed by atoms with Gasteiger partial charge in [0.2, 0.25) is 0 Å². The van der Waals surface area contributed by atoms with Crippen molar-refractivity contribution in [1.29, 1.82) is 0 Å². The van der Waals surface area contributed by atoms with Gasteiger partial charge in [-0.3, -0.25) is 0 Å². The van der Waals surface area contributed by atoms with Gasteiger partial charge in [-0.15, -0.1) is 0 Å². The van der Waals surface area contributed by atoms with Gasteiger partial charge in [0.1, 0.15) is 0 Å². The maximum absolute atomic E-state index is 2.85. The minimum Gasteiger partial charge on any atom is -0.303 e. The molecule has 29 heavy (non-hydrogen) atoms. The highest BCUT2D eigenvalue weighted by atomic mass is 15.2. The standard InChI is InChI=1S/C26H51N3/c1-2-14-25(28-21-10-11-22-28)15-4-5-16-26(29-23-12-13-24-29)17-6-9-20-27-18-7-3-8-19-27/h25-26H,2-24H2,1H3. The Morgan fingerprint density at radius 2 is 0.966 bits per heavy atom. The third kappa shape index (κ3) is 8.50. The van der Waals surface area contributed by atoms with Gasteiger partial charge in [0.25, 0.3) is 0 Å². The van der Waals surface area contributed by atoms with Crippen LogP contribution in [-0.2, 0) is 0 Å². The quantitative estimate of drug-likeness (QED) is 0.332. The number of nitrogens with zero attached hydrogens (tertiary/aromatic N) is 3. The maximum atomic E-state index is 2.85. The largest absolute Gasteiger partial charge is 0.303 e. The number of piperidine rings is 1. The first kappa shape index (κ1) is 23.5. The van der Waals surface area contributed by atoms with Gasteiger partial charge in [-0.2, -0.15) is 0 Å². The Balaban J connectivity index is 1.33. The fourth-order valence-corrected chi connectivity index (χ4v) is 6.22. The summed E-state index contributed by atoms with van der Waals surface area (Å²) in [5.74, 6) is 0. The molecule has 3 heteroatoms. The van der Waals surface area contributed by atoms with Crippen LogP contribution in [0.4, 0.5) is 0 Å². The molecule has 3 fully saturated rings. The number of rotatable bonds is 14. The van der Waals surface area contributed by atoms with Gasteiger partial charge in [0, 0.05) is 12.1 Å². The van der Waals surface area contributed by atoms with Crippen LogP contribution in [0.3, 0.4) is 0 Å². The molecule has 3 nitrogen and oxygen atoms in total. The van der Waals surface area contributed by atoms with Crippen LogP contribution in [0.15, 0.2) is 0 Å². The van der Waals surface area contributed by atoms with Crippen molar-refractivity contribution in [1.82, 2.24) is 14.7 Å². The van der Waals surface area contributed by atoms with Crippen LogP contribution < -0.4 is 0 Å². The molecule has 3 rings (SSSR count). The summed E-state index contributed by atoms with van der Waals surface area (Å²) in [5.41, 5.74) is 0. The van der Waals surface area contributed by atoms with Crippen molar-refractivity contribution in [3.8, 4) is 0 Å². The Morgan fingerprint density at radius 1 is 0.517 bits per heavy atom. The zero-order valence-electron chi connectivity index (χ0n) is 19.8. The van der Waals surface area contributed by atoms with Gasteiger partial charge in [-0.1, -0.05) is 39.0 Å². The Bertz CT molecular complexity index is 395. The summed E-state index contributed by atoms with van der Waals surface area (Å²) in [7, 11) is 0. The van der Waals surface area contributed by atoms with Crippen molar-refractivity contribution in [2.24, 2.45) is 0 Å². The van der Waals surface area contributed by atoms with E-state index < -0.39 is 0 Å². The molecule has 3 saturated heterocycles. The van der Waals surface area contributed by atoms with Crippen LogP contribution in [0.2, 0.25) is 0 Å². The predicted octanol–water partition coefficient (Wildman–Crippen LogP) is 5.93. The van der Waals surface area contributed by atoms with E-state index in [0.29, 0.717) is 0 Å². The molecule has 0 aliphatic carbocycles. The lowest BCUT2D eigenvalue weighted by Gasteiger charge is -2.30. The Kier molecular flexibility index (Phi) is 11.4. The fourth-order valence-electron chi connectivity index (χ4n) is 6.22. The third-order valence-corrected chi connectivity index (χ3v) is 7.97. The van der Waals surface area contributed by atoms with Crippen LogP contribution in [0.5, 0.6) is 0 Å². The van der Waals surface area contributed by atoms with Crippen molar-refractivity contribution in [3.05, 3.63) is 0 Å². The van der Waals surface area contributed by atoms with Crippen LogP contribution in [0.1, 0.15) is 110 Å². The Hall–Kier alpha value is -0.120. The van der Waals surface area contributed by atoms with Crippen LogP contribution in [0.25, 0.3) is 0 Å². The zero-order valence-corrected chi connectivity index (χ0v) is 19.8. The lowest BCUT2D eigenvalue weighted by Crippen LogP contribution is -2.34. The van der Waals surface area contributed by atoms with Crippen molar-refractivity contribution in [2.45, 2.75) is 122 Å². The molecule has 2 unspecified atom stereocenters. The molecule has 0 aromatic heterocycles. The summed E-state index contributed by atoms with van der Waals surface area (Å²) < 4.78 is 0. The van der Waals surface area contributed by atoms with Crippen molar-refractivity contribution in [3.63, 3.8) is 0 Å².